The lowest BCUT2D eigenvalue weighted by atomic mass is 10.2. The molecule has 2 N–H and O–H groups in total. The summed E-state index contributed by atoms with van der Waals surface area (Å²) in [6, 6.07) is 7.70. The van der Waals surface area contributed by atoms with E-state index >= 15 is 0 Å². The molecular formula is C12H11N5S. The van der Waals surface area contributed by atoms with Gasteiger partial charge < -0.3 is 10.3 Å². The van der Waals surface area contributed by atoms with Crippen molar-refractivity contribution in [2.24, 2.45) is 7.05 Å². The lowest BCUT2D eigenvalue weighted by Crippen LogP contribution is -1.90. The zero-order chi connectivity index (χ0) is 12.5. The number of aryl methyl sites for hydroxylation is 1. The third kappa shape index (κ3) is 1.91. The Morgan fingerprint density at radius 3 is 2.94 bits per heavy atom. The monoisotopic (exact) mass is 257 g/mol. The Bertz CT molecular complexity index is 707. The minimum Gasteiger partial charge on any atom is -0.399 e. The Balaban J connectivity index is 2.09. The van der Waals surface area contributed by atoms with Crippen LogP contribution in [0.25, 0.3) is 10.9 Å². The van der Waals surface area contributed by atoms with Gasteiger partial charge in [0.1, 0.15) is 6.33 Å². The number of benzene rings is 1. The van der Waals surface area contributed by atoms with Crippen LogP contribution in [0.3, 0.4) is 0 Å². The van der Waals surface area contributed by atoms with Gasteiger partial charge in [-0.25, -0.2) is 0 Å². The maximum atomic E-state index is 5.76. The molecule has 90 valence electrons. The standard InChI is InChI=1S/C12H11N5S/c1-17-7-15-16-12(17)18-11-4-5-14-10-6-8(13)2-3-9(10)11/h2-7H,13H2,1H3. The summed E-state index contributed by atoms with van der Waals surface area (Å²) < 4.78 is 1.88. The molecule has 18 heavy (non-hydrogen) atoms. The lowest BCUT2D eigenvalue weighted by molar-refractivity contribution is 0.789. The number of nitrogens with zero attached hydrogens (tertiary/aromatic N) is 4. The fraction of sp³-hybridized carbons (Fsp3) is 0.0833. The van der Waals surface area contributed by atoms with Gasteiger partial charge in [-0.1, -0.05) is 0 Å². The Kier molecular flexibility index (Phi) is 2.64. The van der Waals surface area contributed by atoms with Gasteiger partial charge in [-0.15, -0.1) is 10.2 Å². The Morgan fingerprint density at radius 2 is 2.17 bits per heavy atom. The van der Waals surface area contributed by atoms with Gasteiger partial charge in [0.25, 0.3) is 0 Å². The lowest BCUT2D eigenvalue weighted by Gasteiger charge is -2.05. The number of fused-ring (bicyclic) bond motifs is 1. The van der Waals surface area contributed by atoms with Crippen LogP contribution in [0.2, 0.25) is 0 Å². The highest BCUT2D eigenvalue weighted by atomic mass is 32.2. The molecule has 0 aliphatic carbocycles. The summed E-state index contributed by atoms with van der Waals surface area (Å²) >= 11 is 1.56. The number of nitrogens with two attached hydrogens (primary N) is 1. The molecule has 0 radical (unpaired) electrons. The minimum absolute atomic E-state index is 0.718. The van der Waals surface area contributed by atoms with Crippen LogP contribution < -0.4 is 5.73 Å². The minimum atomic E-state index is 0.718. The van der Waals surface area contributed by atoms with Crippen molar-refractivity contribution >= 4 is 28.4 Å². The summed E-state index contributed by atoms with van der Waals surface area (Å²) in [6.07, 6.45) is 3.46. The number of hydrogen-bond donors (Lipinski definition) is 1. The summed E-state index contributed by atoms with van der Waals surface area (Å²) in [4.78, 5) is 5.41. The molecule has 0 bridgehead atoms. The van der Waals surface area contributed by atoms with Crippen LogP contribution in [0.15, 0.2) is 46.8 Å². The van der Waals surface area contributed by atoms with E-state index in [9.17, 15) is 0 Å². The molecule has 0 saturated heterocycles. The molecule has 2 heterocycles. The molecule has 0 aliphatic rings. The Labute approximate surface area is 108 Å². The third-order valence-corrected chi connectivity index (χ3v) is 3.73. The average molecular weight is 257 g/mol. The van der Waals surface area contributed by atoms with Crippen molar-refractivity contribution in [1.29, 1.82) is 0 Å². The zero-order valence-corrected chi connectivity index (χ0v) is 10.6. The first-order chi connectivity index (χ1) is 8.74. The quantitative estimate of drug-likeness (QED) is 0.712. The normalized spacial score (nSPS) is 10.9. The molecule has 0 aliphatic heterocycles. The number of anilines is 1. The van der Waals surface area contributed by atoms with E-state index in [0.29, 0.717) is 0 Å². The first-order valence-electron chi connectivity index (χ1n) is 5.40. The second-order valence-electron chi connectivity index (χ2n) is 3.91. The van der Waals surface area contributed by atoms with Crippen molar-refractivity contribution in [3.8, 4) is 0 Å². The first-order valence-corrected chi connectivity index (χ1v) is 6.22. The van der Waals surface area contributed by atoms with Crippen LogP contribution >= 0.6 is 11.8 Å². The van der Waals surface area contributed by atoms with Crippen LogP contribution in [0, 0.1) is 0 Å². The molecule has 0 unspecified atom stereocenters. The van der Waals surface area contributed by atoms with Gasteiger partial charge in [0.15, 0.2) is 5.16 Å². The van der Waals surface area contributed by atoms with Gasteiger partial charge >= 0.3 is 0 Å². The topological polar surface area (TPSA) is 69.6 Å². The number of rotatable bonds is 2. The van der Waals surface area contributed by atoms with Gasteiger partial charge in [0.2, 0.25) is 0 Å². The van der Waals surface area contributed by atoms with E-state index in [0.717, 1.165) is 26.6 Å². The summed E-state index contributed by atoms with van der Waals surface area (Å²) in [7, 11) is 1.92. The van der Waals surface area contributed by atoms with E-state index in [4.69, 9.17) is 5.73 Å². The van der Waals surface area contributed by atoms with E-state index in [1.54, 1.807) is 24.3 Å². The number of pyridine rings is 1. The van der Waals surface area contributed by atoms with E-state index in [1.165, 1.54) is 0 Å². The van der Waals surface area contributed by atoms with Crippen LogP contribution in [0.1, 0.15) is 0 Å². The molecule has 0 amide bonds. The second-order valence-corrected chi connectivity index (χ2v) is 4.92. The maximum absolute atomic E-state index is 5.76. The molecular weight excluding hydrogens is 246 g/mol. The molecule has 2 aromatic heterocycles. The van der Waals surface area contributed by atoms with Crippen LogP contribution in [0.5, 0.6) is 0 Å². The zero-order valence-electron chi connectivity index (χ0n) is 9.74. The van der Waals surface area contributed by atoms with Crippen molar-refractivity contribution in [1.82, 2.24) is 19.7 Å². The van der Waals surface area contributed by atoms with E-state index in [-0.39, 0.29) is 0 Å². The number of aromatic nitrogens is 4. The molecule has 6 heteroatoms. The number of hydrogen-bond acceptors (Lipinski definition) is 5. The number of nitrogen functional groups attached to an aromatic ring is 1. The molecule has 0 fully saturated rings. The molecule has 0 atom stereocenters. The molecule has 0 spiro atoms. The SMILES string of the molecule is Cn1cnnc1Sc1ccnc2cc(N)ccc12. The highest BCUT2D eigenvalue weighted by molar-refractivity contribution is 7.99. The average Bonchev–Trinajstić information content (AvgIpc) is 2.75. The van der Waals surface area contributed by atoms with E-state index in [2.05, 4.69) is 15.2 Å². The Hall–Kier alpha value is -2.08. The van der Waals surface area contributed by atoms with Crippen molar-refractivity contribution in [3.05, 3.63) is 36.8 Å². The summed E-state index contributed by atoms with van der Waals surface area (Å²) in [5, 5.41) is 9.85. The highest BCUT2D eigenvalue weighted by Gasteiger charge is 2.07. The third-order valence-electron chi connectivity index (χ3n) is 2.60. The fourth-order valence-corrected chi connectivity index (χ4v) is 2.58. The predicted octanol–water partition coefficient (Wildman–Crippen LogP) is 2.10. The first kappa shape index (κ1) is 11.0. The van der Waals surface area contributed by atoms with E-state index in [1.807, 2.05) is 35.9 Å². The van der Waals surface area contributed by atoms with Gasteiger partial charge in [0.05, 0.1) is 5.52 Å². The molecule has 1 aromatic carbocycles. The van der Waals surface area contributed by atoms with Crippen LogP contribution in [0.4, 0.5) is 5.69 Å². The largest absolute Gasteiger partial charge is 0.399 e. The summed E-state index contributed by atoms with van der Waals surface area (Å²) in [6.45, 7) is 0. The smallest absolute Gasteiger partial charge is 0.195 e. The van der Waals surface area contributed by atoms with Crippen molar-refractivity contribution in [2.45, 2.75) is 10.1 Å². The molecule has 5 nitrogen and oxygen atoms in total. The second kappa shape index (κ2) is 4.30. The molecule has 3 rings (SSSR count). The van der Waals surface area contributed by atoms with Crippen molar-refractivity contribution < 1.29 is 0 Å². The van der Waals surface area contributed by atoms with Gasteiger partial charge in [0, 0.05) is 29.2 Å². The van der Waals surface area contributed by atoms with Crippen LogP contribution in [-0.2, 0) is 7.05 Å². The van der Waals surface area contributed by atoms with Crippen molar-refractivity contribution in [3.63, 3.8) is 0 Å². The van der Waals surface area contributed by atoms with Crippen LogP contribution in [-0.4, -0.2) is 19.7 Å². The highest BCUT2D eigenvalue weighted by Crippen LogP contribution is 2.31. The summed E-state index contributed by atoms with van der Waals surface area (Å²) in [5.74, 6) is 0. The van der Waals surface area contributed by atoms with E-state index < -0.39 is 0 Å². The summed E-state index contributed by atoms with van der Waals surface area (Å²) in [5.41, 5.74) is 7.37. The Morgan fingerprint density at radius 1 is 1.28 bits per heavy atom. The predicted molar refractivity (Wildman–Crippen MR) is 71.3 cm³/mol. The van der Waals surface area contributed by atoms with Gasteiger partial charge in [-0.3, -0.25) is 4.98 Å². The fourth-order valence-electron chi connectivity index (χ4n) is 1.69. The molecule has 3 aromatic rings. The maximum Gasteiger partial charge on any atom is 0.195 e. The van der Waals surface area contributed by atoms with Crippen molar-refractivity contribution in [2.75, 3.05) is 5.73 Å². The van der Waals surface area contributed by atoms with Gasteiger partial charge in [-0.05, 0) is 36.0 Å². The molecule has 0 saturated carbocycles. The van der Waals surface area contributed by atoms with Gasteiger partial charge in [-0.2, -0.15) is 0 Å².